The first-order valence-electron chi connectivity index (χ1n) is 19.3. The third kappa shape index (κ3) is 4.63. The first kappa shape index (κ1) is 31.0. The van der Waals surface area contributed by atoms with E-state index in [0.29, 0.717) is 0 Å². The van der Waals surface area contributed by atoms with Gasteiger partial charge in [-0.2, -0.15) is 0 Å². The quantitative estimate of drug-likeness (QED) is 0.177. The Bertz CT molecular complexity index is 3150. The van der Waals surface area contributed by atoms with Crippen LogP contribution >= 0.6 is 0 Å². The first-order valence-corrected chi connectivity index (χ1v) is 19.3. The van der Waals surface area contributed by atoms with Crippen LogP contribution in [0.5, 0.6) is 0 Å². The fourth-order valence-electron chi connectivity index (χ4n) is 9.22. The molecule has 2 heteroatoms. The van der Waals surface area contributed by atoms with Crippen LogP contribution in [0.15, 0.2) is 205 Å². The molecule has 0 atom stereocenters. The van der Waals surface area contributed by atoms with E-state index >= 15 is 0 Å². The lowest BCUT2D eigenvalue weighted by Crippen LogP contribution is -2.09. The molecule has 0 saturated heterocycles. The van der Waals surface area contributed by atoms with Crippen LogP contribution < -0.4 is 4.90 Å². The molecule has 6 bridgehead atoms. The molecule has 2 aliphatic rings. The predicted octanol–water partition coefficient (Wildman–Crippen LogP) is 15.4. The highest BCUT2D eigenvalue weighted by Crippen LogP contribution is 2.57. The number of hydrogen-bond acceptors (Lipinski definition) is 2. The lowest BCUT2D eigenvalue weighted by atomic mass is 9.83. The molecule has 2 nitrogen and oxygen atoms in total. The molecule has 0 saturated carbocycles. The number of fused-ring (bicyclic) bond motifs is 7. The van der Waals surface area contributed by atoms with Gasteiger partial charge in [-0.15, -0.1) is 0 Å². The van der Waals surface area contributed by atoms with E-state index in [9.17, 15) is 0 Å². The Balaban J connectivity index is 0.979. The second-order valence-electron chi connectivity index (χ2n) is 14.8. The number of hydrogen-bond donors (Lipinski definition) is 0. The van der Waals surface area contributed by atoms with E-state index in [1.54, 1.807) is 0 Å². The van der Waals surface area contributed by atoms with Gasteiger partial charge in [-0.3, -0.25) is 0 Å². The summed E-state index contributed by atoms with van der Waals surface area (Å²) in [5.74, 6) is 0. The number of nitrogens with zero attached hydrogens (tertiary/aromatic N) is 1. The van der Waals surface area contributed by atoms with Crippen molar-refractivity contribution in [1.29, 1.82) is 0 Å². The standard InChI is InChI=1S/C54H33NO/c1-2-10-34(11-3-1)35-20-25-38(26-21-35)55(40-29-31-44-43-13-6-7-19-51(43)56-52(44)33-40)39-27-22-36(23-28-39)37-24-30-42-47-16-9-17-48-49-18-8-15-46(54(49)50(42)32-37)41-12-4-5-14-45(41)53(47)48/h1-33H. The molecule has 56 heavy (non-hydrogen) atoms. The van der Waals surface area contributed by atoms with E-state index in [1.165, 1.54) is 77.9 Å². The predicted molar refractivity (Wildman–Crippen MR) is 234 cm³/mol. The second kappa shape index (κ2) is 12.0. The summed E-state index contributed by atoms with van der Waals surface area (Å²) in [6, 6.07) is 72.8. The smallest absolute Gasteiger partial charge is 0.137 e. The van der Waals surface area contributed by atoms with Crippen molar-refractivity contribution in [1.82, 2.24) is 0 Å². The van der Waals surface area contributed by atoms with Gasteiger partial charge in [-0.05, 0) is 126 Å². The van der Waals surface area contributed by atoms with Crippen LogP contribution in [0.1, 0.15) is 0 Å². The van der Waals surface area contributed by atoms with Crippen LogP contribution in [0.2, 0.25) is 0 Å². The molecule has 1 heterocycles. The average molecular weight is 712 g/mol. The van der Waals surface area contributed by atoms with Crippen LogP contribution in [-0.4, -0.2) is 0 Å². The van der Waals surface area contributed by atoms with Gasteiger partial charge in [0.2, 0.25) is 0 Å². The number of rotatable bonds is 5. The van der Waals surface area contributed by atoms with Gasteiger partial charge in [0.1, 0.15) is 11.2 Å². The van der Waals surface area contributed by atoms with Crippen LogP contribution in [0.3, 0.4) is 0 Å². The highest BCUT2D eigenvalue weighted by Gasteiger charge is 2.30. The Morgan fingerprint density at radius 1 is 0.268 bits per heavy atom. The summed E-state index contributed by atoms with van der Waals surface area (Å²) in [6.07, 6.45) is 0. The minimum absolute atomic E-state index is 0.875. The zero-order chi connectivity index (χ0) is 36.7. The molecule has 0 spiro atoms. The van der Waals surface area contributed by atoms with E-state index in [1.807, 2.05) is 12.1 Å². The van der Waals surface area contributed by atoms with Crippen LogP contribution in [-0.2, 0) is 0 Å². The number of para-hydroxylation sites is 1. The van der Waals surface area contributed by atoms with Gasteiger partial charge >= 0.3 is 0 Å². The fraction of sp³-hybridized carbons (Fsp3) is 0. The van der Waals surface area contributed by atoms with E-state index in [2.05, 4.69) is 193 Å². The molecule has 2 aliphatic carbocycles. The molecule has 0 radical (unpaired) electrons. The molecule has 0 amide bonds. The van der Waals surface area contributed by atoms with Crippen molar-refractivity contribution in [2.45, 2.75) is 0 Å². The largest absolute Gasteiger partial charge is 0.456 e. The Morgan fingerprint density at radius 3 is 1.46 bits per heavy atom. The van der Waals surface area contributed by atoms with Crippen molar-refractivity contribution in [2.75, 3.05) is 4.90 Å². The van der Waals surface area contributed by atoms with Gasteiger partial charge in [0, 0.05) is 33.9 Å². The topological polar surface area (TPSA) is 16.4 Å². The lowest BCUT2D eigenvalue weighted by Gasteiger charge is -2.26. The number of anilines is 3. The van der Waals surface area contributed by atoms with Crippen molar-refractivity contribution in [3.8, 4) is 77.9 Å². The van der Waals surface area contributed by atoms with Gasteiger partial charge in [-0.1, -0.05) is 146 Å². The Labute approximate surface area is 325 Å². The van der Waals surface area contributed by atoms with Crippen LogP contribution in [0, 0.1) is 0 Å². The highest BCUT2D eigenvalue weighted by atomic mass is 16.3. The Hall–Kier alpha value is -7.42. The van der Waals surface area contributed by atoms with Crippen molar-refractivity contribution < 1.29 is 4.42 Å². The molecule has 0 unspecified atom stereocenters. The maximum Gasteiger partial charge on any atom is 0.137 e. The number of furan rings is 1. The summed E-state index contributed by atoms with van der Waals surface area (Å²) < 4.78 is 6.38. The summed E-state index contributed by atoms with van der Waals surface area (Å²) in [5.41, 5.74) is 22.8. The lowest BCUT2D eigenvalue weighted by molar-refractivity contribution is 0.669. The molecule has 1 aromatic heterocycles. The average Bonchev–Trinajstić information content (AvgIpc) is 3.59. The minimum Gasteiger partial charge on any atom is -0.456 e. The van der Waals surface area contributed by atoms with Crippen molar-refractivity contribution >= 4 is 39.0 Å². The van der Waals surface area contributed by atoms with Gasteiger partial charge in [-0.25, -0.2) is 0 Å². The molecule has 0 aliphatic heterocycles. The maximum absolute atomic E-state index is 6.38. The Kier molecular flexibility index (Phi) is 6.66. The highest BCUT2D eigenvalue weighted by molar-refractivity contribution is 6.15. The van der Waals surface area contributed by atoms with E-state index in [4.69, 9.17) is 4.42 Å². The van der Waals surface area contributed by atoms with Crippen LogP contribution in [0.25, 0.3) is 99.8 Å². The van der Waals surface area contributed by atoms with Gasteiger partial charge in [0.25, 0.3) is 0 Å². The van der Waals surface area contributed by atoms with E-state index < -0.39 is 0 Å². The van der Waals surface area contributed by atoms with Gasteiger partial charge in [0.15, 0.2) is 0 Å². The van der Waals surface area contributed by atoms with Crippen molar-refractivity contribution in [3.63, 3.8) is 0 Å². The second-order valence-corrected chi connectivity index (χ2v) is 14.8. The van der Waals surface area contributed by atoms with Crippen molar-refractivity contribution in [3.05, 3.63) is 200 Å². The third-order valence-corrected chi connectivity index (χ3v) is 11.8. The zero-order valence-corrected chi connectivity index (χ0v) is 30.4. The zero-order valence-electron chi connectivity index (χ0n) is 30.4. The van der Waals surface area contributed by atoms with Gasteiger partial charge < -0.3 is 9.32 Å². The van der Waals surface area contributed by atoms with Crippen LogP contribution in [0.4, 0.5) is 17.1 Å². The molecule has 0 N–H and O–H groups in total. The van der Waals surface area contributed by atoms with Crippen molar-refractivity contribution in [2.24, 2.45) is 0 Å². The molecular formula is C54H33NO. The monoisotopic (exact) mass is 711 g/mol. The fourth-order valence-corrected chi connectivity index (χ4v) is 9.22. The summed E-state index contributed by atoms with van der Waals surface area (Å²) in [4.78, 5) is 2.32. The normalized spacial score (nSPS) is 11.9. The third-order valence-electron chi connectivity index (χ3n) is 11.8. The SMILES string of the molecule is c1ccc(-c2ccc(N(c3ccc(-c4ccc5c(c4)-c4c6cccc4-c4cccc-5c4-c4ccccc4-6)cc3)c3ccc4c(c3)oc3ccccc34)cc2)cc1. The molecule has 0 fully saturated rings. The van der Waals surface area contributed by atoms with E-state index in [0.717, 1.165) is 39.0 Å². The summed E-state index contributed by atoms with van der Waals surface area (Å²) in [7, 11) is 0. The summed E-state index contributed by atoms with van der Waals surface area (Å²) in [5, 5.41) is 2.25. The van der Waals surface area contributed by atoms with E-state index in [-0.39, 0.29) is 0 Å². The molecular weight excluding hydrogens is 679 g/mol. The molecule has 10 aromatic rings. The van der Waals surface area contributed by atoms with Gasteiger partial charge in [0.05, 0.1) is 0 Å². The molecule has 12 rings (SSSR count). The molecule has 260 valence electrons. The first-order chi connectivity index (χ1) is 27.8. The summed E-state index contributed by atoms with van der Waals surface area (Å²) >= 11 is 0. The maximum atomic E-state index is 6.38. The number of benzene rings is 9. The summed E-state index contributed by atoms with van der Waals surface area (Å²) in [6.45, 7) is 0. The Morgan fingerprint density at radius 2 is 0.750 bits per heavy atom. The minimum atomic E-state index is 0.875. The molecule has 9 aromatic carbocycles.